The predicted molar refractivity (Wildman–Crippen MR) is 84.9 cm³/mol. The molecular formula is C13H20N4O3Si. The van der Waals surface area contributed by atoms with Gasteiger partial charge in [0.15, 0.2) is 0 Å². The summed E-state index contributed by atoms with van der Waals surface area (Å²) in [7, 11) is -1.12. The van der Waals surface area contributed by atoms with Crippen molar-refractivity contribution >= 4 is 30.5 Å². The van der Waals surface area contributed by atoms with Crippen LogP contribution in [-0.2, 0) is 11.5 Å². The average Bonchev–Trinajstić information content (AvgIpc) is 2.70. The van der Waals surface area contributed by atoms with Crippen LogP contribution in [0.1, 0.15) is 0 Å². The second-order valence-electron chi connectivity index (χ2n) is 6.19. The number of nitro groups is 1. The number of nitro benzene ring substituents is 1. The van der Waals surface area contributed by atoms with Gasteiger partial charge in [0.25, 0.3) is 5.69 Å². The molecule has 0 amide bonds. The lowest BCUT2D eigenvalue weighted by atomic mass is 10.2. The Morgan fingerprint density at radius 3 is 2.76 bits per heavy atom. The number of rotatable bonds is 6. The Morgan fingerprint density at radius 2 is 2.14 bits per heavy atom. The first-order valence-corrected chi connectivity index (χ1v) is 10.5. The summed E-state index contributed by atoms with van der Waals surface area (Å²) in [4.78, 5) is 10.3. The summed E-state index contributed by atoms with van der Waals surface area (Å²) >= 11 is 0. The number of aromatic nitrogens is 2. The molecule has 1 aromatic heterocycles. The van der Waals surface area contributed by atoms with Gasteiger partial charge >= 0.3 is 0 Å². The van der Waals surface area contributed by atoms with Gasteiger partial charge < -0.3 is 10.5 Å². The van der Waals surface area contributed by atoms with Crippen molar-refractivity contribution in [3.8, 4) is 0 Å². The van der Waals surface area contributed by atoms with E-state index in [1.165, 1.54) is 12.1 Å². The molecule has 0 atom stereocenters. The third-order valence-electron chi connectivity index (χ3n) is 3.18. The maximum Gasteiger partial charge on any atom is 0.271 e. The molecule has 2 N–H and O–H groups in total. The third kappa shape index (κ3) is 3.79. The molecule has 0 unspecified atom stereocenters. The molecule has 0 saturated heterocycles. The van der Waals surface area contributed by atoms with Crippen LogP contribution in [0.25, 0.3) is 10.9 Å². The van der Waals surface area contributed by atoms with Gasteiger partial charge in [0, 0.05) is 32.2 Å². The zero-order valence-electron chi connectivity index (χ0n) is 12.5. The van der Waals surface area contributed by atoms with Crippen LogP contribution in [0.15, 0.2) is 18.2 Å². The predicted octanol–water partition coefficient (Wildman–Crippen LogP) is 2.84. The Bertz CT molecular complexity index is 663. The zero-order chi connectivity index (χ0) is 15.6. The van der Waals surface area contributed by atoms with Crippen molar-refractivity contribution in [1.82, 2.24) is 9.78 Å². The van der Waals surface area contributed by atoms with Crippen molar-refractivity contribution in [2.45, 2.75) is 32.4 Å². The second-order valence-corrected chi connectivity index (χ2v) is 11.8. The van der Waals surface area contributed by atoms with E-state index < -0.39 is 13.0 Å². The summed E-state index contributed by atoms with van der Waals surface area (Å²) in [6, 6.07) is 5.54. The number of nitrogen functional groups attached to an aromatic ring is 1. The topological polar surface area (TPSA) is 96.2 Å². The molecule has 0 bridgehead atoms. The number of benzene rings is 1. The minimum Gasteiger partial charge on any atom is -0.383 e. The quantitative estimate of drug-likeness (QED) is 0.383. The fourth-order valence-corrected chi connectivity index (χ4v) is 2.64. The van der Waals surface area contributed by atoms with Crippen molar-refractivity contribution in [2.24, 2.45) is 0 Å². The Labute approximate surface area is 123 Å². The standard InChI is InChI=1S/C13H20N4O3Si/c1-21(2,3)7-6-20-9-16-13(14)11-5-4-10(17(18)19)8-12(11)15-16/h4-5,8H,6-7,9,14H2,1-3H3. The van der Waals surface area contributed by atoms with Crippen LogP contribution in [0.2, 0.25) is 25.7 Å². The van der Waals surface area contributed by atoms with E-state index >= 15 is 0 Å². The minimum atomic E-state index is -1.12. The molecule has 0 radical (unpaired) electrons. The Hall–Kier alpha value is -1.93. The number of nitrogens with two attached hydrogens (primary N) is 1. The smallest absolute Gasteiger partial charge is 0.271 e. The molecule has 7 nitrogen and oxygen atoms in total. The highest BCUT2D eigenvalue weighted by atomic mass is 28.3. The van der Waals surface area contributed by atoms with Crippen molar-refractivity contribution in [3.05, 3.63) is 28.3 Å². The summed E-state index contributed by atoms with van der Waals surface area (Å²) < 4.78 is 7.15. The molecule has 0 aliphatic rings. The number of hydrogen-bond acceptors (Lipinski definition) is 5. The molecule has 1 heterocycles. The van der Waals surface area contributed by atoms with Gasteiger partial charge in [-0.05, 0) is 12.1 Å². The van der Waals surface area contributed by atoms with Gasteiger partial charge in [-0.2, -0.15) is 5.10 Å². The fraction of sp³-hybridized carbons (Fsp3) is 0.462. The fourth-order valence-electron chi connectivity index (χ4n) is 1.88. The second kappa shape index (κ2) is 5.82. The summed E-state index contributed by atoms with van der Waals surface area (Å²) in [6.45, 7) is 7.79. The van der Waals surface area contributed by atoms with E-state index in [9.17, 15) is 10.1 Å². The highest BCUT2D eigenvalue weighted by Gasteiger charge is 2.14. The molecule has 0 fully saturated rings. The van der Waals surface area contributed by atoms with Crippen LogP contribution >= 0.6 is 0 Å². The molecule has 2 rings (SSSR count). The lowest BCUT2D eigenvalue weighted by Crippen LogP contribution is -2.22. The Morgan fingerprint density at radius 1 is 1.43 bits per heavy atom. The van der Waals surface area contributed by atoms with Crippen LogP contribution in [0.3, 0.4) is 0 Å². The largest absolute Gasteiger partial charge is 0.383 e. The molecule has 2 aromatic rings. The van der Waals surface area contributed by atoms with Gasteiger partial charge in [-0.1, -0.05) is 19.6 Å². The van der Waals surface area contributed by atoms with Crippen LogP contribution in [-0.4, -0.2) is 29.4 Å². The molecule has 8 heteroatoms. The maximum absolute atomic E-state index is 10.8. The van der Waals surface area contributed by atoms with E-state index in [1.807, 2.05) is 0 Å². The summed E-state index contributed by atoms with van der Waals surface area (Å²) in [5.74, 6) is 0.466. The highest BCUT2D eigenvalue weighted by Crippen LogP contribution is 2.24. The third-order valence-corrected chi connectivity index (χ3v) is 4.89. The van der Waals surface area contributed by atoms with Crippen LogP contribution in [0.5, 0.6) is 0 Å². The normalized spacial score (nSPS) is 12.0. The first-order chi connectivity index (χ1) is 9.78. The van der Waals surface area contributed by atoms with Gasteiger partial charge in [0.1, 0.15) is 18.1 Å². The first-order valence-electron chi connectivity index (χ1n) is 6.76. The monoisotopic (exact) mass is 308 g/mol. The van der Waals surface area contributed by atoms with Crippen LogP contribution < -0.4 is 5.73 Å². The number of hydrogen-bond donors (Lipinski definition) is 1. The molecule has 1 aromatic carbocycles. The van der Waals surface area contributed by atoms with E-state index in [4.69, 9.17) is 10.5 Å². The highest BCUT2D eigenvalue weighted by molar-refractivity contribution is 6.76. The number of fused-ring (bicyclic) bond motifs is 1. The Balaban J connectivity index is 2.10. The van der Waals surface area contributed by atoms with Crippen LogP contribution in [0, 0.1) is 10.1 Å². The first kappa shape index (κ1) is 15.5. The van der Waals surface area contributed by atoms with Crippen LogP contribution in [0.4, 0.5) is 11.5 Å². The number of nitrogens with zero attached hydrogens (tertiary/aromatic N) is 3. The molecular weight excluding hydrogens is 288 g/mol. The summed E-state index contributed by atoms with van der Waals surface area (Å²) in [5.41, 5.74) is 6.51. The summed E-state index contributed by atoms with van der Waals surface area (Å²) in [5, 5.41) is 15.7. The van der Waals surface area contributed by atoms with Gasteiger partial charge in [0.05, 0.1) is 4.92 Å². The number of ether oxygens (including phenoxy) is 1. The molecule has 114 valence electrons. The van der Waals surface area contributed by atoms with E-state index in [0.29, 0.717) is 23.3 Å². The zero-order valence-corrected chi connectivity index (χ0v) is 13.5. The van der Waals surface area contributed by atoms with Crippen molar-refractivity contribution in [3.63, 3.8) is 0 Å². The van der Waals surface area contributed by atoms with Crippen molar-refractivity contribution < 1.29 is 9.66 Å². The number of anilines is 1. The average molecular weight is 308 g/mol. The van der Waals surface area contributed by atoms with E-state index in [1.54, 1.807) is 10.7 Å². The van der Waals surface area contributed by atoms with Gasteiger partial charge in [-0.25, -0.2) is 4.68 Å². The lowest BCUT2D eigenvalue weighted by molar-refractivity contribution is -0.384. The lowest BCUT2D eigenvalue weighted by Gasteiger charge is -2.15. The molecule has 0 aliphatic carbocycles. The molecule has 0 saturated carbocycles. The van der Waals surface area contributed by atoms with E-state index in [2.05, 4.69) is 24.7 Å². The van der Waals surface area contributed by atoms with Gasteiger partial charge in [-0.3, -0.25) is 10.1 Å². The summed E-state index contributed by atoms with van der Waals surface area (Å²) in [6.07, 6.45) is 0. The molecule has 0 spiro atoms. The Kier molecular flexibility index (Phi) is 4.28. The van der Waals surface area contributed by atoms with Gasteiger partial charge in [0.2, 0.25) is 0 Å². The molecule has 0 aliphatic heterocycles. The van der Waals surface area contributed by atoms with Crippen molar-refractivity contribution in [2.75, 3.05) is 12.3 Å². The van der Waals surface area contributed by atoms with Crippen molar-refractivity contribution in [1.29, 1.82) is 0 Å². The SMILES string of the molecule is C[Si](C)(C)CCOCn1nc2cc([N+](=O)[O-])ccc2c1N. The molecule has 21 heavy (non-hydrogen) atoms. The van der Waals surface area contributed by atoms with E-state index in [-0.39, 0.29) is 12.4 Å². The number of non-ortho nitro benzene ring substituents is 1. The van der Waals surface area contributed by atoms with E-state index in [0.717, 1.165) is 6.04 Å². The maximum atomic E-state index is 10.8. The minimum absolute atomic E-state index is 0.00630. The van der Waals surface area contributed by atoms with Gasteiger partial charge in [-0.15, -0.1) is 0 Å².